The van der Waals surface area contributed by atoms with Crippen molar-refractivity contribution in [3.05, 3.63) is 41.5 Å². The van der Waals surface area contributed by atoms with E-state index in [1.807, 2.05) is 31.2 Å². The van der Waals surface area contributed by atoms with Crippen LogP contribution in [0.4, 0.5) is 10.5 Å². The van der Waals surface area contributed by atoms with Crippen molar-refractivity contribution in [1.29, 1.82) is 0 Å². The zero-order valence-electron chi connectivity index (χ0n) is 16.0. The number of allylic oxidation sites excluding steroid dienone is 1. The first-order chi connectivity index (χ1) is 13.6. The van der Waals surface area contributed by atoms with E-state index >= 15 is 0 Å². The number of alkyl carbamates (subject to hydrolysis) is 1. The highest BCUT2D eigenvalue weighted by Crippen LogP contribution is 2.65. The van der Waals surface area contributed by atoms with E-state index in [1.54, 1.807) is 0 Å². The van der Waals surface area contributed by atoms with Crippen LogP contribution in [0, 0.1) is 5.92 Å². The lowest BCUT2D eigenvalue weighted by Gasteiger charge is -2.63. The Labute approximate surface area is 163 Å². The first-order valence-corrected chi connectivity index (χ1v) is 9.94. The molecule has 1 aromatic carbocycles. The van der Waals surface area contributed by atoms with Gasteiger partial charge in [-0.2, -0.15) is 0 Å². The molecule has 1 unspecified atom stereocenters. The van der Waals surface area contributed by atoms with Crippen molar-refractivity contribution in [3.8, 4) is 0 Å². The number of esters is 1. The number of amides is 1. The summed E-state index contributed by atoms with van der Waals surface area (Å²) in [5.41, 5.74) is 1.68. The minimum Gasteiger partial charge on any atom is -0.467 e. The summed E-state index contributed by atoms with van der Waals surface area (Å²) in [5.74, 6) is -0.202. The number of hydrogen-bond acceptors (Lipinski definition) is 6. The number of para-hydroxylation sites is 1. The number of carbonyl (C=O) groups is 2. The smallest absolute Gasteiger partial charge is 0.410 e. The van der Waals surface area contributed by atoms with Gasteiger partial charge in [0.25, 0.3) is 0 Å². The summed E-state index contributed by atoms with van der Waals surface area (Å²) in [6.45, 7) is 3.72. The fourth-order valence-electron chi connectivity index (χ4n) is 6.69. The zero-order valence-corrected chi connectivity index (χ0v) is 16.0. The molecule has 1 spiro atoms. The van der Waals surface area contributed by atoms with E-state index in [1.165, 1.54) is 12.7 Å². The number of nitrogens with one attached hydrogen (secondary N) is 1. The second-order valence-electron chi connectivity index (χ2n) is 8.41. The van der Waals surface area contributed by atoms with Crippen molar-refractivity contribution < 1.29 is 19.1 Å². The summed E-state index contributed by atoms with van der Waals surface area (Å²) in [6, 6.07) is 7.63. The number of benzene rings is 1. The van der Waals surface area contributed by atoms with E-state index in [4.69, 9.17) is 9.47 Å². The zero-order chi connectivity index (χ0) is 19.3. The Hall–Kier alpha value is -2.54. The third kappa shape index (κ3) is 1.55. The Morgan fingerprint density at radius 3 is 3.00 bits per heavy atom. The van der Waals surface area contributed by atoms with E-state index in [-0.39, 0.29) is 17.9 Å². The number of methoxy groups -OCH3 is 1. The number of nitrogens with zero attached hydrogens (tertiary/aromatic N) is 2. The number of ether oxygens (including phenoxy) is 2. The van der Waals surface area contributed by atoms with Gasteiger partial charge in [-0.3, -0.25) is 10.2 Å². The Morgan fingerprint density at radius 1 is 1.39 bits per heavy atom. The Bertz CT molecular complexity index is 945. The van der Waals surface area contributed by atoms with Gasteiger partial charge in [-0.1, -0.05) is 29.8 Å². The maximum absolute atomic E-state index is 13.1. The van der Waals surface area contributed by atoms with Gasteiger partial charge >= 0.3 is 12.1 Å². The molecule has 0 aliphatic carbocycles. The molecule has 28 heavy (non-hydrogen) atoms. The van der Waals surface area contributed by atoms with Crippen LogP contribution in [0.5, 0.6) is 0 Å². The van der Waals surface area contributed by atoms with Crippen LogP contribution in [-0.4, -0.2) is 54.9 Å². The van der Waals surface area contributed by atoms with Crippen LogP contribution in [0.2, 0.25) is 0 Å². The highest BCUT2D eigenvalue weighted by atomic mass is 16.6. The van der Waals surface area contributed by atoms with E-state index in [0.29, 0.717) is 6.42 Å². The van der Waals surface area contributed by atoms with Crippen LogP contribution in [0.1, 0.15) is 25.3 Å². The van der Waals surface area contributed by atoms with Gasteiger partial charge in [0.1, 0.15) is 6.04 Å². The number of hydrogen-bond donors (Lipinski definition) is 1. The first-order valence-electron chi connectivity index (χ1n) is 9.94. The topological polar surface area (TPSA) is 71.1 Å². The van der Waals surface area contributed by atoms with Gasteiger partial charge in [0.15, 0.2) is 11.3 Å². The predicted molar refractivity (Wildman–Crippen MR) is 101 cm³/mol. The van der Waals surface area contributed by atoms with Gasteiger partial charge in [-0.15, -0.1) is 0 Å². The molecule has 6 rings (SSSR count). The van der Waals surface area contributed by atoms with Crippen LogP contribution >= 0.6 is 0 Å². The number of piperidine rings is 3. The Morgan fingerprint density at radius 2 is 2.21 bits per heavy atom. The summed E-state index contributed by atoms with van der Waals surface area (Å²) in [6.07, 6.45) is 3.24. The lowest BCUT2D eigenvalue weighted by molar-refractivity contribution is -0.152. The van der Waals surface area contributed by atoms with Crippen molar-refractivity contribution in [2.24, 2.45) is 5.92 Å². The van der Waals surface area contributed by atoms with E-state index in [0.717, 1.165) is 30.8 Å². The van der Waals surface area contributed by atoms with Crippen molar-refractivity contribution in [2.75, 3.05) is 25.1 Å². The van der Waals surface area contributed by atoms with E-state index in [2.05, 4.69) is 21.2 Å². The molecule has 5 aliphatic rings. The van der Waals surface area contributed by atoms with Crippen molar-refractivity contribution in [3.63, 3.8) is 0 Å². The molecule has 5 heterocycles. The van der Waals surface area contributed by atoms with Crippen LogP contribution in [0.25, 0.3) is 0 Å². The number of anilines is 1. The number of rotatable bonds is 1. The molecule has 4 fully saturated rings. The molecule has 5 aliphatic heterocycles. The normalized spacial score (nSPS) is 41.2. The molecule has 7 nitrogen and oxygen atoms in total. The molecular formula is C21H23N3O4. The highest BCUT2D eigenvalue weighted by Gasteiger charge is 2.79. The molecule has 0 aromatic heterocycles. The van der Waals surface area contributed by atoms with E-state index < -0.39 is 23.4 Å². The second-order valence-corrected chi connectivity index (χ2v) is 8.41. The third-order valence-electron chi connectivity index (χ3n) is 7.64. The number of fused-ring (bicyclic) bond motifs is 3. The second kappa shape index (κ2) is 5.08. The minimum atomic E-state index is -0.777. The van der Waals surface area contributed by atoms with Crippen LogP contribution in [-0.2, 0) is 19.9 Å². The molecule has 0 saturated carbocycles. The molecule has 5 atom stereocenters. The molecular weight excluding hydrogens is 358 g/mol. The molecule has 2 bridgehead atoms. The van der Waals surface area contributed by atoms with E-state index in [9.17, 15) is 9.59 Å². The summed E-state index contributed by atoms with van der Waals surface area (Å²) in [7, 11) is 1.44. The van der Waals surface area contributed by atoms with Crippen molar-refractivity contribution in [1.82, 2.24) is 10.2 Å². The fourth-order valence-corrected chi connectivity index (χ4v) is 6.69. The Balaban J connectivity index is 1.68. The molecule has 4 saturated heterocycles. The molecule has 7 heteroatoms. The summed E-state index contributed by atoms with van der Waals surface area (Å²) in [4.78, 5) is 30.3. The third-order valence-corrected chi connectivity index (χ3v) is 7.64. The SMILES string of the molecule is C/C=C1/CN2CC[C@@]34OC(=O)N[C@@]35[C@@H]2C[C@@H]1C(C(=O)OC)N5c1ccccc14. The molecule has 1 amide bonds. The first kappa shape index (κ1) is 16.4. The van der Waals surface area contributed by atoms with Gasteiger partial charge in [-0.25, -0.2) is 9.59 Å². The summed E-state index contributed by atoms with van der Waals surface area (Å²) in [5, 5.41) is 3.19. The molecule has 146 valence electrons. The van der Waals surface area contributed by atoms with Crippen molar-refractivity contribution >= 4 is 17.7 Å². The monoisotopic (exact) mass is 381 g/mol. The van der Waals surface area contributed by atoms with Crippen molar-refractivity contribution in [2.45, 2.75) is 43.1 Å². The van der Waals surface area contributed by atoms with Crippen LogP contribution in [0.3, 0.4) is 0 Å². The lowest BCUT2D eigenvalue weighted by atomic mass is 9.64. The summed E-state index contributed by atoms with van der Waals surface area (Å²) >= 11 is 0. The lowest BCUT2D eigenvalue weighted by Crippen LogP contribution is -2.83. The van der Waals surface area contributed by atoms with Gasteiger partial charge in [0.05, 0.1) is 13.2 Å². The standard InChI is InChI=1S/C21H23N3O4/c1-3-12-11-23-9-8-20-14-6-4-5-7-15(14)24-17(18(25)27-2)13(12)10-16(23)21(20,24)22-19(26)28-20/h3-7,13,16-17H,8-11H2,1-2H3,(H,22,26)/b12-3-/t13-,16-,17?,20-,21+/m0/s1. The van der Waals surface area contributed by atoms with Crippen LogP contribution in [0.15, 0.2) is 35.9 Å². The average Bonchev–Trinajstić information content (AvgIpc) is 3.14. The van der Waals surface area contributed by atoms with Gasteiger partial charge < -0.3 is 14.4 Å². The summed E-state index contributed by atoms with van der Waals surface area (Å²) < 4.78 is 11.3. The maximum atomic E-state index is 13.1. The number of carbonyl (C=O) groups excluding carboxylic acids is 2. The largest absolute Gasteiger partial charge is 0.467 e. The Kier molecular flexibility index (Phi) is 2.98. The fraction of sp³-hybridized carbons (Fsp3) is 0.524. The predicted octanol–water partition coefficient (Wildman–Crippen LogP) is 1.73. The van der Waals surface area contributed by atoms with Gasteiger partial charge in [0.2, 0.25) is 0 Å². The molecule has 1 N–H and O–H groups in total. The maximum Gasteiger partial charge on any atom is 0.410 e. The van der Waals surface area contributed by atoms with Crippen LogP contribution < -0.4 is 10.2 Å². The quantitative estimate of drug-likeness (QED) is 0.590. The minimum absolute atomic E-state index is 0.0591. The average molecular weight is 381 g/mol. The molecule has 0 radical (unpaired) electrons. The van der Waals surface area contributed by atoms with Gasteiger partial charge in [-0.05, 0) is 19.4 Å². The molecule has 1 aromatic rings. The van der Waals surface area contributed by atoms with Gasteiger partial charge in [0, 0.05) is 36.7 Å². The highest BCUT2D eigenvalue weighted by molar-refractivity contribution is 5.88.